The minimum absolute atomic E-state index is 0. The number of pyridine rings is 1. The van der Waals surface area contributed by atoms with Crippen molar-refractivity contribution in [2.24, 2.45) is 0 Å². The van der Waals surface area contributed by atoms with E-state index in [1.54, 1.807) is 6.92 Å². The molecule has 1 saturated heterocycles. The predicted octanol–water partition coefficient (Wildman–Crippen LogP) is 2.56. The molecule has 0 bridgehead atoms. The Morgan fingerprint density at radius 2 is 1.88 bits per heavy atom. The molecular weight excluding hydrogens is 454 g/mol. The Kier molecular flexibility index (Phi) is 7.85. The molecule has 0 saturated carbocycles. The molecule has 34 heavy (non-hydrogen) atoms. The maximum absolute atomic E-state index is 12.7. The quantitative estimate of drug-likeness (QED) is 0.667. The van der Waals surface area contributed by atoms with E-state index in [2.05, 4.69) is 21.3 Å². The second-order valence-corrected chi connectivity index (χ2v) is 9.16. The number of nitrogens with zero attached hydrogens (tertiary/aromatic N) is 4. The average molecular weight is 488 g/mol. The van der Waals surface area contributed by atoms with Gasteiger partial charge in [-0.2, -0.15) is 0 Å². The van der Waals surface area contributed by atoms with Crippen LogP contribution in [0.3, 0.4) is 0 Å². The van der Waals surface area contributed by atoms with E-state index in [4.69, 9.17) is 0 Å². The van der Waals surface area contributed by atoms with Crippen LogP contribution in [-0.2, 0) is 4.79 Å². The number of benzene rings is 1. The van der Waals surface area contributed by atoms with Crippen LogP contribution < -0.4 is 19.8 Å². The summed E-state index contributed by atoms with van der Waals surface area (Å²) in [6, 6.07) is 9.68. The molecule has 1 fully saturated rings. The average Bonchev–Trinajstić information content (AvgIpc) is 2.82. The van der Waals surface area contributed by atoms with Crippen molar-refractivity contribution in [3.63, 3.8) is 0 Å². The predicted molar refractivity (Wildman–Crippen MR) is 135 cm³/mol. The van der Waals surface area contributed by atoms with E-state index in [1.165, 1.54) is 4.90 Å². The summed E-state index contributed by atoms with van der Waals surface area (Å²) in [6.07, 6.45) is 1.23. The van der Waals surface area contributed by atoms with Gasteiger partial charge in [0.15, 0.2) is 0 Å². The van der Waals surface area contributed by atoms with E-state index in [0.717, 1.165) is 54.4 Å². The number of halogens is 1. The second-order valence-electron chi connectivity index (χ2n) is 9.16. The normalized spacial score (nSPS) is 24.1. The lowest BCUT2D eigenvalue weighted by atomic mass is 9.86. The molecule has 2 aromatic rings. The van der Waals surface area contributed by atoms with Crippen molar-refractivity contribution >= 4 is 35.9 Å². The number of hydrogen-bond acceptors (Lipinski definition) is 6. The molecule has 1 N–H and O–H groups in total. The van der Waals surface area contributed by atoms with Crippen molar-refractivity contribution < 1.29 is 14.7 Å². The molecule has 9 heteroatoms. The molecule has 184 valence electrons. The van der Waals surface area contributed by atoms with Gasteiger partial charge in [0.1, 0.15) is 17.6 Å². The zero-order valence-electron chi connectivity index (χ0n) is 20.3. The van der Waals surface area contributed by atoms with Crippen LogP contribution in [0.4, 0.5) is 16.3 Å². The third-order valence-corrected chi connectivity index (χ3v) is 7.46. The fourth-order valence-electron chi connectivity index (χ4n) is 5.21. The lowest BCUT2D eigenvalue weighted by Gasteiger charge is -2.47. The van der Waals surface area contributed by atoms with E-state index in [9.17, 15) is 14.7 Å². The highest BCUT2D eigenvalue weighted by Gasteiger charge is 2.47. The number of rotatable bonds is 4. The maximum atomic E-state index is 12.7. The highest BCUT2D eigenvalue weighted by Crippen LogP contribution is 2.45. The molecule has 8 nitrogen and oxygen atoms in total. The van der Waals surface area contributed by atoms with Gasteiger partial charge in [0.25, 0.3) is 0 Å². The van der Waals surface area contributed by atoms with Gasteiger partial charge in [-0.15, -0.1) is 12.4 Å². The van der Waals surface area contributed by atoms with Crippen LogP contribution in [0.2, 0.25) is 0 Å². The summed E-state index contributed by atoms with van der Waals surface area (Å²) in [5.41, 5.74) is 3.63. The molecule has 2 amide bonds. The van der Waals surface area contributed by atoms with Crippen LogP contribution in [-0.4, -0.2) is 67.7 Å². The van der Waals surface area contributed by atoms with Gasteiger partial charge in [-0.05, 0) is 43.7 Å². The summed E-state index contributed by atoms with van der Waals surface area (Å²) >= 11 is 0. The van der Waals surface area contributed by atoms with Crippen molar-refractivity contribution in [3.05, 3.63) is 42.1 Å². The molecule has 1 unspecified atom stereocenters. The first-order valence-electron chi connectivity index (χ1n) is 11.7. The van der Waals surface area contributed by atoms with Gasteiger partial charge < -0.3 is 25.0 Å². The number of carboxylic acid groups (broad SMARTS) is 1. The summed E-state index contributed by atoms with van der Waals surface area (Å²) in [5, 5.41) is 15.3. The Morgan fingerprint density at radius 1 is 1.21 bits per heavy atom. The SMILES string of the molecule is CCN(C(=O)[O-])C1C[C@H](C)[N@+](C)(C(C)=O)c2ccc(-c3ccc(N4CCNCC4)nc3)cc21.Cl. The first kappa shape index (κ1) is 25.9. The van der Waals surface area contributed by atoms with Gasteiger partial charge in [0.05, 0.1) is 26.1 Å². The Bertz CT molecular complexity index is 1040. The number of fused-ring (bicyclic) bond motifs is 1. The lowest BCUT2D eigenvalue weighted by molar-refractivity contribution is -0.268. The smallest absolute Gasteiger partial charge is 0.315 e. The Labute approximate surface area is 207 Å². The number of piperazine rings is 1. The zero-order chi connectivity index (χ0) is 23.8. The third-order valence-electron chi connectivity index (χ3n) is 7.46. The molecule has 3 heterocycles. The molecule has 2 aliphatic heterocycles. The van der Waals surface area contributed by atoms with Crippen LogP contribution in [0.15, 0.2) is 36.5 Å². The number of carbonyl (C=O) groups excluding carboxylic acids is 2. The van der Waals surface area contributed by atoms with Gasteiger partial charge in [-0.3, -0.25) is 0 Å². The minimum atomic E-state index is -1.19. The van der Waals surface area contributed by atoms with Crippen LogP contribution in [0.5, 0.6) is 0 Å². The lowest BCUT2D eigenvalue weighted by Crippen LogP contribution is -2.60. The highest BCUT2D eigenvalue weighted by atomic mass is 35.5. The number of amides is 2. The van der Waals surface area contributed by atoms with E-state index < -0.39 is 6.09 Å². The fraction of sp³-hybridized carbons (Fsp3) is 0.480. The molecule has 3 atom stereocenters. The molecule has 4 rings (SSSR count). The van der Waals surface area contributed by atoms with E-state index in [1.807, 2.05) is 51.4 Å². The molecule has 2 aliphatic rings. The first-order valence-corrected chi connectivity index (χ1v) is 11.7. The van der Waals surface area contributed by atoms with Crippen LogP contribution in [0.25, 0.3) is 11.1 Å². The van der Waals surface area contributed by atoms with Crippen molar-refractivity contribution in [2.45, 2.75) is 39.3 Å². The van der Waals surface area contributed by atoms with Crippen molar-refractivity contribution in [2.75, 3.05) is 44.7 Å². The summed E-state index contributed by atoms with van der Waals surface area (Å²) in [4.78, 5) is 33.0. The number of carbonyl (C=O) groups is 2. The van der Waals surface area contributed by atoms with Crippen molar-refractivity contribution in [3.8, 4) is 11.1 Å². The topological polar surface area (TPSA) is 88.6 Å². The van der Waals surface area contributed by atoms with Crippen LogP contribution in [0, 0.1) is 0 Å². The maximum Gasteiger partial charge on any atom is 0.315 e. The van der Waals surface area contributed by atoms with Gasteiger partial charge in [-0.1, -0.05) is 0 Å². The highest BCUT2D eigenvalue weighted by molar-refractivity contribution is 5.89. The van der Waals surface area contributed by atoms with E-state index in [0.29, 0.717) is 13.0 Å². The van der Waals surface area contributed by atoms with Gasteiger partial charge in [0.2, 0.25) is 0 Å². The van der Waals surface area contributed by atoms with Gasteiger partial charge >= 0.3 is 5.91 Å². The summed E-state index contributed by atoms with van der Waals surface area (Å²) < 4.78 is 0.150. The number of hydrogen-bond donors (Lipinski definition) is 1. The molecule has 0 spiro atoms. The largest absolute Gasteiger partial charge is 0.530 e. The molecule has 0 radical (unpaired) electrons. The van der Waals surface area contributed by atoms with Crippen LogP contribution >= 0.6 is 12.4 Å². The zero-order valence-corrected chi connectivity index (χ0v) is 21.1. The number of quaternary nitrogens is 1. The van der Waals surface area contributed by atoms with E-state index in [-0.39, 0.29) is 34.9 Å². The van der Waals surface area contributed by atoms with Crippen molar-refractivity contribution in [1.82, 2.24) is 19.7 Å². The molecular formula is C25H34ClN5O3. The summed E-state index contributed by atoms with van der Waals surface area (Å²) in [6.45, 7) is 9.52. The minimum Gasteiger partial charge on any atom is -0.530 e. The van der Waals surface area contributed by atoms with E-state index >= 15 is 0 Å². The standard InChI is InChI=1S/C25H33N5O3.ClH/c1-5-29(25(32)33)22-14-17(2)30(4,18(3)31)23-8-6-19(15-21(22)23)20-7-9-24(27-16-20)28-12-10-26-11-13-28;/h6-9,15-17,22,26H,5,10-14H2,1-4H3;1H/t17-,22?,30+;/m0./s1. The summed E-state index contributed by atoms with van der Waals surface area (Å²) in [7, 11) is 1.92. The Hall–Kier alpha value is -2.68. The first-order chi connectivity index (χ1) is 15.8. The Morgan fingerprint density at radius 3 is 2.44 bits per heavy atom. The van der Waals surface area contributed by atoms with Gasteiger partial charge in [0, 0.05) is 62.5 Å². The van der Waals surface area contributed by atoms with Crippen molar-refractivity contribution in [1.29, 1.82) is 0 Å². The Balaban J connectivity index is 0.00000324. The molecule has 0 aliphatic carbocycles. The number of anilines is 1. The fourth-order valence-corrected chi connectivity index (χ4v) is 5.21. The van der Waals surface area contributed by atoms with Gasteiger partial charge in [-0.25, -0.2) is 14.3 Å². The monoisotopic (exact) mass is 487 g/mol. The molecule has 1 aromatic carbocycles. The van der Waals surface area contributed by atoms with Crippen LogP contribution in [0.1, 0.15) is 38.8 Å². The number of aromatic nitrogens is 1. The molecule has 1 aromatic heterocycles. The second kappa shape index (κ2) is 10.3. The summed E-state index contributed by atoms with van der Waals surface area (Å²) in [5.74, 6) is 0.994. The number of nitrogens with one attached hydrogen (secondary N) is 1. The third kappa shape index (κ3) is 4.50.